The van der Waals surface area contributed by atoms with Gasteiger partial charge in [0, 0.05) is 31.4 Å². The lowest BCUT2D eigenvalue weighted by molar-refractivity contribution is 0.112. The number of methoxy groups -OCH3 is 1. The number of aromatic nitrogens is 2. The Hall–Kier alpha value is -1.88. The predicted molar refractivity (Wildman–Crippen MR) is 71.0 cm³/mol. The van der Waals surface area contributed by atoms with Crippen LogP contribution in [0.15, 0.2) is 12.4 Å². The predicted octanol–water partition coefficient (Wildman–Crippen LogP) is 2.19. The first-order valence-corrected chi connectivity index (χ1v) is 5.89. The fourth-order valence-corrected chi connectivity index (χ4v) is 2.16. The maximum Gasteiger partial charge on any atom is 0.153 e. The zero-order valence-corrected chi connectivity index (χ0v) is 10.9. The highest BCUT2D eigenvalue weighted by atomic mass is 16.5. The molecular weight excluding hydrogens is 230 g/mol. The number of hydrogen-bond acceptors (Lipinski definition) is 4. The van der Waals surface area contributed by atoms with E-state index in [1.807, 2.05) is 24.6 Å². The van der Waals surface area contributed by atoms with Gasteiger partial charge in [-0.3, -0.25) is 4.79 Å². The Morgan fingerprint density at radius 2 is 2.33 bits per heavy atom. The normalized spacial score (nSPS) is 10.8. The second-order valence-corrected chi connectivity index (χ2v) is 4.14. The van der Waals surface area contributed by atoms with Crippen LogP contribution < -0.4 is 5.32 Å². The van der Waals surface area contributed by atoms with Crippen molar-refractivity contribution >= 4 is 23.0 Å². The number of carbonyl (C=O) groups excluding carboxylic acids is 1. The van der Waals surface area contributed by atoms with E-state index in [2.05, 4.69) is 10.3 Å². The second-order valence-electron chi connectivity index (χ2n) is 4.14. The zero-order chi connectivity index (χ0) is 13.1. The van der Waals surface area contributed by atoms with Crippen LogP contribution in [0.1, 0.15) is 22.8 Å². The highest BCUT2D eigenvalue weighted by molar-refractivity contribution is 6.01. The lowest BCUT2D eigenvalue weighted by Crippen LogP contribution is -2.04. The molecule has 2 aromatic heterocycles. The maximum atomic E-state index is 11.1. The summed E-state index contributed by atoms with van der Waals surface area (Å²) < 4.78 is 7.07. The third kappa shape index (κ3) is 1.97. The molecule has 0 fully saturated rings. The minimum absolute atomic E-state index is 0.448. The van der Waals surface area contributed by atoms with E-state index < -0.39 is 0 Å². The van der Waals surface area contributed by atoms with Gasteiger partial charge in [0.1, 0.15) is 12.4 Å². The molecule has 1 N–H and O–H groups in total. The largest absolute Gasteiger partial charge is 0.384 e. The number of rotatable bonds is 5. The van der Waals surface area contributed by atoms with Gasteiger partial charge in [0.15, 0.2) is 6.29 Å². The van der Waals surface area contributed by atoms with Gasteiger partial charge in [-0.1, -0.05) is 0 Å². The molecule has 0 saturated carbocycles. The van der Waals surface area contributed by atoms with Crippen LogP contribution in [0.5, 0.6) is 0 Å². The molecule has 0 saturated heterocycles. The van der Waals surface area contributed by atoms with E-state index in [-0.39, 0.29) is 0 Å². The highest BCUT2D eigenvalue weighted by Gasteiger charge is 2.14. The van der Waals surface area contributed by atoms with Crippen molar-refractivity contribution in [1.29, 1.82) is 0 Å². The summed E-state index contributed by atoms with van der Waals surface area (Å²) in [5, 5.41) is 4.23. The Morgan fingerprint density at radius 3 is 2.94 bits per heavy atom. The van der Waals surface area contributed by atoms with Crippen molar-refractivity contribution in [2.24, 2.45) is 0 Å². The summed E-state index contributed by atoms with van der Waals surface area (Å²) in [6, 6.07) is 0. The molecule has 0 bridgehead atoms. The van der Waals surface area contributed by atoms with Gasteiger partial charge in [-0.25, -0.2) is 4.98 Å². The van der Waals surface area contributed by atoms with Gasteiger partial charge in [-0.05, 0) is 19.4 Å². The number of fused-ring (bicyclic) bond motifs is 1. The second kappa shape index (κ2) is 5.18. The molecule has 5 heteroatoms. The molecule has 2 aromatic rings. The van der Waals surface area contributed by atoms with Crippen LogP contribution in [-0.4, -0.2) is 29.5 Å². The van der Waals surface area contributed by atoms with E-state index in [9.17, 15) is 4.79 Å². The first kappa shape index (κ1) is 12.6. The summed E-state index contributed by atoms with van der Waals surface area (Å²) in [7, 11) is 1.65. The van der Waals surface area contributed by atoms with Gasteiger partial charge in [0.25, 0.3) is 0 Å². The molecule has 0 aromatic carbocycles. The molecule has 0 atom stereocenters. The van der Waals surface area contributed by atoms with Crippen LogP contribution in [0.3, 0.4) is 0 Å². The fourth-order valence-electron chi connectivity index (χ4n) is 2.16. The maximum absolute atomic E-state index is 11.1. The average Bonchev–Trinajstić information content (AvgIpc) is 2.68. The molecule has 0 radical (unpaired) electrons. The molecule has 5 nitrogen and oxygen atoms in total. The van der Waals surface area contributed by atoms with E-state index >= 15 is 0 Å². The summed E-state index contributed by atoms with van der Waals surface area (Å²) in [4.78, 5) is 15.4. The zero-order valence-electron chi connectivity index (χ0n) is 10.9. The average molecular weight is 247 g/mol. The molecule has 0 aliphatic heterocycles. The number of hydrogen-bond donors (Lipinski definition) is 1. The van der Waals surface area contributed by atoms with Crippen molar-refractivity contribution in [2.45, 2.75) is 20.6 Å². The van der Waals surface area contributed by atoms with Crippen molar-refractivity contribution in [2.75, 3.05) is 19.0 Å². The Balaban J connectivity index is 2.71. The molecule has 0 aliphatic rings. The van der Waals surface area contributed by atoms with Crippen LogP contribution in [0.25, 0.3) is 11.0 Å². The summed E-state index contributed by atoms with van der Waals surface area (Å²) in [5.41, 5.74) is 3.34. The van der Waals surface area contributed by atoms with Crippen molar-refractivity contribution in [3.8, 4) is 0 Å². The van der Waals surface area contributed by atoms with Crippen molar-refractivity contribution in [3.63, 3.8) is 0 Å². The standard InChI is InChI=1S/C13H17N3O2/c1-4-14-12-10(7-17)5-15-13-11(12)9(2)6-16(13)8-18-3/h5-7H,4,8H2,1-3H3,(H,14,15). The summed E-state index contributed by atoms with van der Waals surface area (Å²) in [6.45, 7) is 5.21. The van der Waals surface area contributed by atoms with Crippen LogP contribution in [0, 0.1) is 6.92 Å². The molecule has 0 aliphatic carbocycles. The fraction of sp³-hybridized carbons (Fsp3) is 0.385. The van der Waals surface area contributed by atoms with Crippen molar-refractivity contribution in [1.82, 2.24) is 9.55 Å². The molecule has 0 unspecified atom stereocenters. The molecule has 2 heterocycles. The molecule has 0 spiro atoms. The van der Waals surface area contributed by atoms with E-state index in [1.54, 1.807) is 13.3 Å². The highest BCUT2D eigenvalue weighted by Crippen LogP contribution is 2.29. The molecule has 18 heavy (non-hydrogen) atoms. The van der Waals surface area contributed by atoms with Gasteiger partial charge in [0.05, 0.1) is 11.3 Å². The van der Waals surface area contributed by atoms with E-state index in [0.29, 0.717) is 12.3 Å². The number of pyridine rings is 1. The lowest BCUT2D eigenvalue weighted by Gasteiger charge is -2.09. The van der Waals surface area contributed by atoms with Gasteiger partial charge < -0.3 is 14.6 Å². The number of anilines is 1. The number of nitrogens with zero attached hydrogens (tertiary/aromatic N) is 2. The van der Waals surface area contributed by atoms with Crippen LogP contribution in [-0.2, 0) is 11.5 Å². The van der Waals surface area contributed by atoms with Gasteiger partial charge in [-0.2, -0.15) is 0 Å². The monoisotopic (exact) mass is 247 g/mol. The number of aryl methyl sites for hydroxylation is 1. The van der Waals surface area contributed by atoms with Crippen molar-refractivity contribution < 1.29 is 9.53 Å². The summed E-state index contributed by atoms with van der Waals surface area (Å²) >= 11 is 0. The van der Waals surface area contributed by atoms with E-state index in [1.165, 1.54) is 0 Å². The third-order valence-electron chi connectivity index (χ3n) is 2.85. The Bertz CT molecular complexity index is 575. The van der Waals surface area contributed by atoms with Gasteiger partial charge in [-0.15, -0.1) is 0 Å². The lowest BCUT2D eigenvalue weighted by atomic mass is 10.1. The smallest absolute Gasteiger partial charge is 0.153 e. The number of carbonyl (C=O) groups is 1. The number of aldehydes is 1. The van der Waals surface area contributed by atoms with Crippen molar-refractivity contribution in [3.05, 3.63) is 23.5 Å². The summed E-state index contributed by atoms with van der Waals surface area (Å²) in [6.07, 6.45) is 4.41. The SMILES string of the molecule is CCNc1c(C=O)cnc2c1c(C)cn2COC. The van der Waals surface area contributed by atoms with Crippen LogP contribution >= 0.6 is 0 Å². The molecule has 2 rings (SSSR count). The Kier molecular flexibility index (Phi) is 3.62. The quantitative estimate of drug-likeness (QED) is 0.823. The minimum atomic E-state index is 0.448. The molecule has 96 valence electrons. The first-order valence-electron chi connectivity index (χ1n) is 5.89. The van der Waals surface area contributed by atoms with Gasteiger partial charge in [0.2, 0.25) is 0 Å². The molecule has 0 amide bonds. The first-order chi connectivity index (χ1) is 8.72. The van der Waals surface area contributed by atoms with Gasteiger partial charge >= 0.3 is 0 Å². The Morgan fingerprint density at radius 1 is 1.56 bits per heavy atom. The Labute approximate surface area is 106 Å². The number of ether oxygens (including phenoxy) is 1. The third-order valence-corrected chi connectivity index (χ3v) is 2.85. The molecular formula is C13H17N3O2. The summed E-state index contributed by atoms with van der Waals surface area (Å²) in [5.74, 6) is 0. The topological polar surface area (TPSA) is 56.2 Å². The van der Waals surface area contributed by atoms with Crippen LogP contribution in [0.4, 0.5) is 5.69 Å². The van der Waals surface area contributed by atoms with Crippen LogP contribution in [0.2, 0.25) is 0 Å². The van der Waals surface area contributed by atoms with E-state index in [0.717, 1.165) is 35.1 Å². The van der Waals surface area contributed by atoms with E-state index in [4.69, 9.17) is 4.74 Å². The minimum Gasteiger partial charge on any atom is -0.384 e. The number of nitrogens with one attached hydrogen (secondary N) is 1.